The van der Waals surface area contributed by atoms with Crippen molar-refractivity contribution in [1.82, 2.24) is 0 Å². The Morgan fingerprint density at radius 1 is 0.298 bits per heavy atom. The van der Waals surface area contributed by atoms with E-state index in [1.54, 1.807) is 7.11 Å². The van der Waals surface area contributed by atoms with E-state index in [2.05, 4.69) is 164 Å². The van der Waals surface area contributed by atoms with Crippen LogP contribution in [0.25, 0.3) is 0 Å². The Hall–Kier alpha value is -7.21. The molecule has 9 nitrogen and oxygen atoms in total. The van der Waals surface area contributed by atoms with Crippen LogP contribution in [0.1, 0.15) is 33.4 Å². The van der Waals surface area contributed by atoms with E-state index in [0.717, 1.165) is 33.4 Å². The lowest BCUT2D eigenvalue weighted by Gasteiger charge is -2.47. The lowest BCUT2D eigenvalue weighted by Crippen LogP contribution is -2.62. The Labute approximate surface area is 496 Å². The van der Waals surface area contributed by atoms with Gasteiger partial charge in [-0.15, -0.1) is 0 Å². The highest BCUT2D eigenvalue weighted by atomic mass is 31.2. The van der Waals surface area contributed by atoms with Crippen LogP contribution in [0.2, 0.25) is 0 Å². The Kier molecular flexibility index (Phi) is 20.9. The van der Waals surface area contributed by atoms with Crippen LogP contribution in [0.4, 0.5) is 0 Å². The van der Waals surface area contributed by atoms with Crippen molar-refractivity contribution in [3.05, 3.63) is 319 Å². The van der Waals surface area contributed by atoms with Gasteiger partial charge in [-0.05, 0) is 69.8 Å². The maximum Gasteiger partial charge on any atom is 0.186 e. The Balaban J connectivity index is 1.04. The second kappa shape index (κ2) is 30.0. The van der Waals surface area contributed by atoms with E-state index in [1.165, 1.54) is 15.9 Å². The molecule has 0 amide bonds. The summed E-state index contributed by atoms with van der Waals surface area (Å²) in [6.07, 6.45) is -2.14. The van der Waals surface area contributed by atoms with Gasteiger partial charge in [0.1, 0.15) is 84.3 Å². The molecule has 2 fully saturated rings. The molecule has 10 heteroatoms. The van der Waals surface area contributed by atoms with Gasteiger partial charge in [0.05, 0.1) is 39.6 Å². The van der Waals surface area contributed by atoms with Crippen molar-refractivity contribution in [2.45, 2.75) is 101 Å². The third kappa shape index (κ3) is 15.0. The summed E-state index contributed by atoms with van der Waals surface area (Å²) in [7, 11) is -0.918. The zero-order valence-electron chi connectivity index (χ0n) is 47.5. The van der Waals surface area contributed by atoms with E-state index in [1.807, 2.05) is 121 Å². The van der Waals surface area contributed by atoms with Gasteiger partial charge >= 0.3 is 0 Å². The molecule has 0 unspecified atom stereocenters. The molecule has 10 atom stereocenters. The summed E-state index contributed by atoms with van der Waals surface area (Å²) >= 11 is 0. The lowest BCUT2D eigenvalue weighted by atomic mass is 9.92. The number of methoxy groups -OCH3 is 1. The van der Waals surface area contributed by atoms with Gasteiger partial charge in [-0.1, -0.05) is 249 Å². The largest absolute Gasteiger partial charge is 0.368 e. The fraction of sp³-hybridized carbons (Fsp3) is 0.243. The number of hydrogen-bond acceptors (Lipinski definition) is 9. The van der Waals surface area contributed by atoms with Crippen LogP contribution in [-0.2, 0) is 82.3 Å². The predicted octanol–water partition coefficient (Wildman–Crippen LogP) is 13.2. The summed E-state index contributed by atoms with van der Waals surface area (Å²) in [6, 6.07) is 94.2. The normalized spacial score (nSPS) is 22.6. The Bertz CT molecular complexity index is 3220. The molecule has 11 rings (SSSR count). The third-order valence-electron chi connectivity index (χ3n) is 15.7. The zero-order valence-corrected chi connectivity index (χ0v) is 48.4. The highest BCUT2D eigenvalue weighted by molar-refractivity contribution is 7.95. The standard InChI is InChI=1S/C74H74O9P/c1-75-74-73(81-54-61-39-21-7-22-40-61)72(80-53-60-37-19-6-20-38-60)69(77-50-57-31-13-3-14-32-57)66(83-74)48-47-65-68(76-49-56-29-11-2-12-30-56)71(79-52-59-35-17-5-18-36-59)70(78-51-58-33-15-4-16-34-58)67(82-65)55-84(62-41-23-8-24-42-62,63-43-25-9-26-44-63)64-45-27-10-28-46-64/h2-48,65-74H,49-55H2,1H3/q+1/b48-47-/t65-,66+,67+,68-,69-,70-,71+,72-,73+,74-/m0/s1. The second-order valence-corrected chi connectivity index (χ2v) is 24.8. The summed E-state index contributed by atoms with van der Waals surface area (Å²) in [6.45, 7) is 1.82. The minimum Gasteiger partial charge on any atom is -0.368 e. The summed E-state index contributed by atoms with van der Waals surface area (Å²) < 4.78 is 64.4. The van der Waals surface area contributed by atoms with Crippen LogP contribution in [0.3, 0.4) is 0 Å². The highest BCUT2D eigenvalue weighted by Gasteiger charge is 2.56. The quantitative estimate of drug-likeness (QED) is 0.0389. The van der Waals surface area contributed by atoms with Gasteiger partial charge in [0.2, 0.25) is 0 Å². The van der Waals surface area contributed by atoms with E-state index in [-0.39, 0.29) is 0 Å². The minimum absolute atomic E-state index is 0.290. The minimum atomic E-state index is -2.57. The van der Waals surface area contributed by atoms with Crippen LogP contribution >= 0.6 is 7.26 Å². The van der Waals surface area contributed by atoms with Crippen LogP contribution in [0, 0.1) is 0 Å². The van der Waals surface area contributed by atoms with Crippen molar-refractivity contribution in [2.75, 3.05) is 13.3 Å². The van der Waals surface area contributed by atoms with Gasteiger partial charge in [-0.2, -0.15) is 0 Å². The molecule has 0 radical (unpaired) electrons. The molecule has 0 spiro atoms. The third-order valence-corrected chi connectivity index (χ3v) is 20.1. The Morgan fingerprint density at radius 2 is 0.548 bits per heavy atom. The number of hydrogen-bond donors (Lipinski definition) is 0. The first kappa shape index (κ1) is 58.6. The molecule has 2 heterocycles. The fourth-order valence-corrected chi connectivity index (χ4v) is 15.9. The molecule has 0 bridgehead atoms. The summed E-state index contributed by atoms with van der Waals surface area (Å²) in [5.74, 6) is 0. The fourth-order valence-electron chi connectivity index (χ4n) is 11.5. The molecule has 2 aliphatic heterocycles. The van der Waals surface area contributed by atoms with Crippen LogP contribution in [0.15, 0.2) is 285 Å². The molecule has 0 N–H and O–H groups in total. The lowest BCUT2D eigenvalue weighted by molar-refractivity contribution is -0.309. The smallest absolute Gasteiger partial charge is 0.186 e. The molecule has 0 aliphatic carbocycles. The first-order valence-electron chi connectivity index (χ1n) is 29.1. The molecule has 2 saturated heterocycles. The molecular weight excluding hydrogens is 1060 g/mol. The Morgan fingerprint density at radius 3 is 0.857 bits per heavy atom. The first-order valence-corrected chi connectivity index (χ1v) is 31.1. The molecule has 0 saturated carbocycles. The van der Waals surface area contributed by atoms with E-state index >= 15 is 0 Å². The molecule has 9 aromatic carbocycles. The summed E-state index contributed by atoms with van der Waals surface area (Å²) in [4.78, 5) is 0. The topological polar surface area (TPSA) is 83.1 Å². The zero-order chi connectivity index (χ0) is 57.0. The first-order chi connectivity index (χ1) is 41.6. The molecule has 0 aromatic heterocycles. The molecule has 9 aromatic rings. The van der Waals surface area contributed by atoms with Crippen molar-refractivity contribution in [2.24, 2.45) is 0 Å². The van der Waals surface area contributed by atoms with Crippen molar-refractivity contribution in [3.63, 3.8) is 0 Å². The van der Waals surface area contributed by atoms with E-state index in [4.69, 9.17) is 42.6 Å². The monoisotopic (exact) mass is 1140 g/mol. The van der Waals surface area contributed by atoms with Gasteiger partial charge in [0.25, 0.3) is 0 Å². The van der Waals surface area contributed by atoms with E-state index in [9.17, 15) is 0 Å². The van der Waals surface area contributed by atoms with Gasteiger partial charge in [0.15, 0.2) is 6.29 Å². The molecular formula is C74H74O9P+. The summed E-state index contributed by atoms with van der Waals surface area (Å²) in [5, 5.41) is 3.69. The molecule has 428 valence electrons. The maximum atomic E-state index is 7.87. The SMILES string of the molecule is CO[C@H]1O[C@H](/C=C\[C@@H]2O[C@H](C[P+](c3ccccc3)(c3ccccc3)c3ccccc3)[C@H](OCc3ccccc3)[C@H](OCc3ccccc3)[C@H]2OCc2ccccc2)[C@H](OCc2ccccc2)[C@H](OCc2ccccc2)[C@H]1OCc1ccccc1. The van der Waals surface area contributed by atoms with Gasteiger partial charge in [-0.3, -0.25) is 0 Å². The predicted molar refractivity (Wildman–Crippen MR) is 334 cm³/mol. The number of ether oxygens (including phenoxy) is 9. The number of rotatable bonds is 26. The second-order valence-electron chi connectivity index (χ2n) is 21.3. The van der Waals surface area contributed by atoms with Crippen LogP contribution < -0.4 is 15.9 Å². The van der Waals surface area contributed by atoms with Gasteiger partial charge in [-0.25, -0.2) is 0 Å². The van der Waals surface area contributed by atoms with Crippen molar-refractivity contribution < 1.29 is 42.6 Å². The van der Waals surface area contributed by atoms with Crippen molar-refractivity contribution in [1.29, 1.82) is 0 Å². The highest BCUT2D eigenvalue weighted by Crippen LogP contribution is 2.57. The average molecular weight is 1140 g/mol. The molecule has 84 heavy (non-hydrogen) atoms. The maximum absolute atomic E-state index is 7.87. The molecule has 2 aliphatic rings. The van der Waals surface area contributed by atoms with E-state index in [0.29, 0.717) is 45.8 Å². The summed E-state index contributed by atoms with van der Waals surface area (Å²) in [5.41, 5.74) is 6.11. The van der Waals surface area contributed by atoms with Crippen molar-refractivity contribution in [3.8, 4) is 0 Å². The average Bonchev–Trinajstić information content (AvgIpc) is 2.16. The van der Waals surface area contributed by atoms with Gasteiger partial charge < -0.3 is 42.6 Å². The van der Waals surface area contributed by atoms with Crippen LogP contribution in [0.5, 0.6) is 0 Å². The van der Waals surface area contributed by atoms with Gasteiger partial charge in [0, 0.05) is 7.11 Å². The van der Waals surface area contributed by atoms with E-state index < -0.39 is 68.5 Å². The van der Waals surface area contributed by atoms with Crippen LogP contribution in [-0.4, -0.2) is 74.5 Å². The number of benzene rings is 9. The van der Waals surface area contributed by atoms with Crippen molar-refractivity contribution >= 4 is 23.2 Å².